The Hall–Kier alpha value is -1.85. The molecule has 2 aromatic rings. The second-order valence-electron chi connectivity index (χ2n) is 1.91. The van der Waals surface area contributed by atoms with E-state index in [1.165, 1.54) is 0 Å². The van der Waals surface area contributed by atoms with Crippen molar-refractivity contribution in [2.24, 2.45) is 0 Å². The molecule has 2 rings (SSSR count). The SMILES string of the molecule is c1ncc(-c2nn[nH]n2)c[nH+]1. The van der Waals surface area contributed by atoms with Crippen molar-refractivity contribution in [3.05, 3.63) is 18.7 Å². The van der Waals surface area contributed by atoms with E-state index in [-0.39, 0.29) is 0 Å². The molecule has 0 fully saturated rings. The summed E-state index contributed by atoms with van der Waals surface area (Å²) in [5.41, 5.74) is 0.807. The zero-order valence-electron chi connectivity index (χ0n) is 5.52. The van der Waals surface area contributed by atoms with Crippen LogP contribution in [0.5, 0.6) is 0 Å². The van der Waals surface area contributed by atoms with Crippen molar-refractivity contribution in [3.8, 4) is 11.4 Å². The molecular formula is C5H5N6+. The molecule has 0 spiro atoms. The normalized spacial score (nSPS) is 9.82. The Balaban J connectivity index is 2.46. The van der Waals surface area contributed by atoms with Gasteiger partial charge in [-0.15, -0.1) is 10.2 Å². The van der Waals surface area contributed by atoms with Gasteiger partial charge in [0.15, 0.2) is 6.20 Å². The molecule has 54 valence electrons. The Morgan fingerprint density at radius 1 is 1.45 bits per heavy atom. The molecule has 0 amide bonds. The molecule has 0 aliphatic carbocycles. The van der Waals surface area contributed by atoms with Crippen LogP contribution < -0.4 is 4.98 Å². The molecule has 2 aromatic heterocycles. The fourth-order valence-electron chi connectivity index (χ4n) is 0.731. The third kappa shape index (κ3) is 1.05. The van der Waals surface area contributed by atoms with Crippen LogP contribution in [0.3, 0.4) is 0 Å². The van der Waals surface area contributed by atoms with Crippen LogP contribution in [0.25, 0.3) is 11.4 Å². The molecular weight excluding hydrogens is 144 g/mol. The van der Waals surface area contributed by atoms with Crippen LogP contribution >= 0.6 is 0 Å². The third-order valence-corrected chi connectivity index (χ3v) is 1.21. The van der Waals surface area contributed by atoms with E-state index < -0.39 is 0 Å². The average molecular weight is 149 g/mol. The first-order valence-electron chi connectivity index (χ1n) is 3.02. The third-order valence-electron chi connectivity index (χ3n) is 1.21. The highest BCUT2D eigenvalue weighted by Crippen LogP contribution is 2.05. The molecule has 0 aromatic carbocycles. The number of hydrogen-bond acceptors (Lipinski definition) is 4. The van der Waals surface area contributed by atoms with E-state index in [0.717, 1.165) is 5.56 Å². The summed E-state index contributed by atoms with van der Waals surface area (Å²) in [6, 6.07) is 0. The maximum absolute atomic E-state index is 3.86. The summed E-state index contributed by atoms with van der Waals surface area (Å²) in [4.78, 5) is 6.68. The van der Waals surface area contributed by atoms with Crippen LogP contribution in [-0.4, -0.2) is 25.6 Å². The molecule has 0 unspecified atom stereocenters. The number of nitrogens with one attached hydrogen (secondary N) is 2. The van der Waals surface area contributed by atoms with Gasteiger partial charge in [0.25, 0.3) is 6.33 Å². The lowest BCUT2D eigenvalue weighted by molar-refractivity contribution is -0.382. The van der Waals surface area contributed by atoms with Gasteiger partial charge >= 0.3 is 0 Å². The summed E-state index contributed by atoms with van der Waals surface area (Å²) in [5.74, 6) is 0.536. The topological polar surface area (TPSA) is 81.5 Å². The lowest BCUT2D eigenvalue weighted by Crippen LogP contribution is -2.01. The van der Waals surface area contributed by atoms with Crippen molar-refractivity contribution >= 4 is 0 Å². The van der Waals surface area contributed by atoms with Crippen LogP contribution in [0, 0.1) is 0 Å². The van der Waals surface area contributed by atoms with Gasteiger partial charge in [-0.3, -0.25) is 0 Å². The molecule has 0 radical (unpaired) electrons. The average Bonchev–Trinajstić information content (AvgIpc) is 2.58. The minimum Gasteiger partial charge on any atom is -0.250 e. The maximum Gasteiger partial charge on any atom is 0.283 e. The standard InChI is InChI=1S/C5H4N6/c1-4(2-7-3-6-1)5-8-10-11-9-5/h1-3H,(H,8,9,10,11)/p+1. The highest BCUT2D eigenvalue weighted by atomic mass is 15.5. The summed E-state index contributed by atoms with van der Waals surface area (Å²) in [6.07, 6.45) is 4.97. The smallest absolute Gasteiger partial charge is 0.250 e. The lowest BCUT2D eigenvalue weighted by Gasteiger charge is -1.82. The summed E-state index contributed by atoms with van der Waals surface area (Å²) >= 11 is 0. The Morgan fingerprint density at radius 3 is 3.09 bits per heavy atom. The van der Waals surface area contributed by atoms with E-state index in [2.05, 4.69) is 30.6 Å². The Morgan fingerprint density at radius 2 is 2.45 bits per heavy atom. The zero-order chi connectivity index (χ0) is 7.52. The Kier molecular flexibility index (Phi) is 1.29. The van der Waals surface area contributed by atoms with E-state index in [4.69, 9.17) is 0 Å². The molecule has 2 heterocycles. The van der Waals surface area contributed by atoms with Crippen molar-refractivity contribution in [2.75, 3.05) is 0 Å². The van der Waals surface area contributed by atoms with E-state index in [1.807, 2.05) is 0 Å². The number of hydrogen-bond donors (Lipinski definition) is 1. The van der Waals surface area contributed by atoms with Crippen LogP contribution in [0.4, 0.5) is 0 Å². The number of aromatic nitrogens is 6. The zero-order valence-corrected chi connectivity index (χ0v) is 5.52. The van der Waals surface area contributed by atoms with Crippen LogP contribution in [-0.2, 0) is 0 Å². The maximum atomic E-state index is 3.86. The molecule has 0 atom stereocenters. The van der Waals surface area contributed by atoms with Crippen molar-refractivity contribution in [1.29, 1.82) is 0 Å². The first-order valence-corrected chi connectivity index (χ1v) is 3.02. The fourth-order valence-corrected chi connectivity index (χ4v) is 0.731. The van der Waals surface area contributed by atoms with Crippen LogP contribution in [0.1, 0.15) is 0 Å². The molecule has 0 aliphatic heterocycles. The molecule has 0 saturated heterocycles. The van der Waals surface area contributed by atoms with Crippen molar-refractivity contribution in [3.63, 3.8) is 0 Å². The summed E-state index contributed by atoms with van der Waals surface area (Å²) in [7, 11) is 0. The minimum absolute atomic E-state index is 0.536. The second-order valence-corrected chi connectivity index (χ2v) is 1.91. The van der Waals surface area contributed by atoms with Crippen LogP contribution in [0.2, 0.25) is 0 Å². The van der Waals surface area contributed by atoms with Gasteiger partial charge in [0.2, 0.25) is 5.82 Å². The van der Waals surface area contributed by atoms with E-state index in [1.54, 1.807) is 18.7 Å². The number of rotatable bonds is 1. The number of tetrazole rings is 1. The fraction of sp³-hybridized carbons (Fsp3) is 0. The Bertz CT molecular complexity index is 314. The predicted octanol–water partition coefficient (Wildman–Crippen LogP) is -0.924. The van der Waals surface area contributed by atoms with E-state index in [9.17, 15) is 0 Å². The Labute approximate surface area is 61.7 Å². The summed E-state index contributed by atoms with van der Waals surface area (Å²) in [5, 5.41) is 13.3. The van der Waals surface area contributed by atoms with Gasteiger partial charge in [0.05, 0.1) is 0 Å². The first kappa shape index (κ1) is 5.90. The van der Waals surface area contributed by atoms with Crippen molar-refractivity contribution in [1.82, 2.24) is 25.6 Å². The molecule has 11 heavy (non-hydrogen) atoms. The van der Waals surface area contributed by atoms with Crippen molar-refractivity contribution in [2.45, 2.75) is 0 Å². The molecule has 0 aliphatic rings. The van der Waals surface area contributed by atoms with E-state index in [0.29, 0.717) is 5.82 Å². The van der Waals surface area contributed by atoms with Gasteiger partial charge in [-0.1, -0.05) is 4.98 Å². The minimum atomic E-state index is 0.536. The predicted molar refractivity (Wildman–Crippen MR) is 34.0 cm³/mol. The van der Waals surface area contributed by atoms with E-state index >= 15 is 0 Å². The van der Waals surface area contributed by atoms with Gasteiger partial charge in [-0.25, -0.2) is 4.98 Å². The largest absolute Gasteiger partial charge is 0.283 e. The quantitative estimate of drug-likeness (QED) is 0.568. The second kappa shape index (κ2) is 2.41. The summed E-state index contributed by atoms with van der Waals surface area (Å²) in [6.45, 7) is 0. The summed E-state index contributed by atoms with van der Waals surface area (Å²) < 4.78 is 0. The monoisotopic (exact) mass is 149 g/mol. The lowest BCUT2D eigenvalue weighted by atomic mass is 10.3. The molecule has 0 saturated carbocycles. The molecule has 0 bridgehead atoms. The van der Waals surface area contributed by atoms with Gasteiger partial charge in [0.1, 0.15) is 11.8 Å². The van der Waals surface area contributed by atoms with Gasteiger partial charge in [-0.2, -0.15) is 5.21 Å². The number of H-pyrrole nitrogens is 2. The number of nitrogens with zero attached hydrogens (tertiary/aromatic N) is 4. The highest BCUT2D eigenvalue weighted by Gasteiger charge is 2.04. The van der Waals surface area contributed by atoms with Crippen LogP contribution in [0.15, 0.2) is 18.7 Å². The molecule has 6 heteroatoms. The van der Waals surface area contributed by atoms with Gasteiger partial charge in [-0.05, 0) is 5.21 Å². The first-order chi connectivity index (χ1) is 5.47. The van der Waals surface area contributed by atoms with Gasteiger partial charge < -0.3 is 0 Å². The number of aromatic amines is 2. The van der Waals surface area contributed by atoms with Gasteiger partial charge in [0, 0.05) is 0 Å². The molecule has 2 N–H and O–H groups in total. The molecule has 6 nitrogen and oxygen atoms in total. The highest BCUT2D eigenvalue weighted by molar-refractivity contribution is 5.48. The van der Waals surface area contributed by atoms with Crippen molar-refractivity contribution < 1.29 is 4.98 Å².